The van der Waals surface area contributed by atoms with Crippen molar-refractivity contribution in [3.05, 3.63) is 96.1 Å². The summed E-state index contributed by atoms with van der Waals surface area (Å²) in [6.07, 6.45) is 4.93. The molecule has 2 saturated heterocycles. The lowest BCUT2D eigenvalue weighted by Crippen LogP contribution is -2.51. The maximum absolute atomic E-state index is 13.9. The van der Waals surface area contributed by atoms with Gasteiger partial charge in [0.25, 0.3) is 0 Å². The van der Waals surface area contributed by atoms with Gasteiger partial charge in [-0.25, -0.2) is 28.8 Å². The number of aliphatic carboxylic acids is 12. The van der Waals surface area contributed by atoms with Crippen LogP contribution in [0.4, 0.5) is 9.59 Å². The van der Waals surface area contributed by atoms with E-state index in [4.69, 9.17) is 10.2 Å². The second-order valence-corrected chi connectivity index (χ2v) is 38.0. The number of carbonyl (C=O) groups excluding carboxylic acids is 8. The van der Waals surface area contributed by atoms with Gasteiger partial charge in [-0.2, -0.15) is 0 Å². The molecule has 2 heterocycles. The summed E-state index contributed by atoms with van der Waals surface area (Å²) in [7, 11) is 0. The van der Waals surface area contributed by atoms with Gasteiger partial charge in [0.1, 0.15) is 42.0 Å². The van der Waals surface area contributed by atoms with Gasteiger partial charge in [-0.05, 0) is 154 Å². The van der Waals surface area contributed by atoms with Gasteiger partial charge in [0.05, 0.1) is 52.4 Å². The first-order chi connectivity index (χ1) is 70.5. The first kappa shape index (κ1) is 121. The van der Waals surface area contributed by atoms with Crippen LogP contribution in [-0.4, -0.2) is 432 Å². The van der Waals surface area contributed by atoms with E-state index in [1.54, 1.807) is 29.4 Å². The highest BCUT2D eigenvalue weighted by Gasteiger charge is 2.36. The van der Waals surface area contributed by atoms with Crippen molar-refractivity contribution in [3.63, 3.8) is 0 Å². The molecule has 2 aliphatic heterocycles. The van der Waals surface area contributed by atoms with Crippen molar-refractivity contribution in [2.24, 2.45) is 23.7 Å². The summed E-state index contributed by atoms with van der Waals surface area (Å²) in [6, 6.07) is 16.8. The second kappa shape index (κ2) is 64.4. The van der Waals surface area contributed by atoms with Crippen LogP contribution in [0.25, 0.3) is 21.5 Å². The molecule has 148 heavy (non-hydrogen) atoms. The van der Waals surface area contributed by atoms with Crippen molar-refractivity contribution in [3.8, 4) is 0 Å². The lowest BCUT2D eigenvalue weighted by Gasteiger charge is -2.33. The highest BCUT2D eigenvalue weighted by atomic mass is 16.4. The number of benzene rings is 4. The number of Topliss-reactive ketones (excluding diaryl/α,β-unsaturated/α-hetero) is 1. The average Bonchev–Trinajstić information content (AvgIpc) is 0.856. The Balaban J connectivity index is 0.000000401. The van der Waals surface area contributed by atoms with E-state index < -0.39 is 163 Å². The molecular formula is C99H143N17O32. The zero-order valence-electron chi connectivity index (χ0n) is 83.1. The first-order valence-corrected chi connectivity index (χ1v) is 50.0. The number of ketones is 1. The predicted molar refractivity (Wildman–Crippen MR) is 531 cm³/mol. The number of nitrogens with zero attached hydrogens (tertiary/aromatic N) is 8. The zero-order chi connectivity index (χ0) is 108. The van der Waals surface area contributed by atoms with Crippen LogP contribution < -0.4 is 47.9 Å². The van der Waals surface area contributed by atoms with Crippen molar-refractivity contribution in [1.82, 2.24) is 87.1 Å². The Kier molecular flexibility index (Phi) is 52.8. The maximum Gasteiger partial charge on any atom is 0.326 e. The number of carboxylic acid groups (broad SMARTS) is 12. The van der Waals surface area contributed by atoms with Gasteiger partial charge in [0.2, 0.25) is 29.5 Å². The molecule has 2 saturated carbocycles. The number of amides is 9. The van der Waals surface area contributed by atoms with Crippen LogP contribution in [0.3, 0.4) is 0 Å². The number of rotatable bonds is 55. The fraction of sp³-hybridized carbons (Fsp3) is 0.596. The molecule has 21 N–H and O–H groups in total. The van der Waals surface area contributed by atoms with Gasteiger partial charge in [-0.1, -0.05) is 84.9 Å². The van der Waals surface area contributed by atoms with Crippen molar-refractivity contribution in [2.45, 2.75) is 178 Å². The molecule has 6 unspecified atom stereocenters. The van der Waals surface area contributed by atoms with E-state index in [-0.39, 0.29) is 224 Å². The highest BCUT2D eigenvalue weighted by molar-refractivity contribution is 5.93. The molecule has 4 aromatic rings. The minimum Gasteiger partial charge on any atom is -0.481 e. The molecule has 0 aromatic heterocycles. The summed E-state index contributed by atoms with van der Waals surface area (Å²) >= 11 is 0. The monoisotopic (exact) mass is 2080 g/mol. The topological polar surface area (TPSA) is 718 Å². The summed E-state index contributed by atoms with van der Waals surface area (Å²) in [5.74, 6) is -16.9. The summed E-state index contributed by atoms with van der Waals surface area (Å²) in [5.41, 5.74) is 1.64. The van der Waals surface area contributed by atoms with Gasteiger partial charge in [0, 0.05) is 168 Å². The van der Waals surface area contributed by atoms with Crippen LogP contribution in [-0.2, 0) is 99.1 Å². The molecule has 4 aromatic carbocycles. The van der Waals surface area contributed by atoms with E-state index >= 15 is 0 Å². The molecule has 4 fully saturated rings. The van der Waals surface area contributed by atoms with Crippen molar-refractivity contribution >= 4 is 141 Å². The predicted octanol–water partition coefficient (Wildman–Crippen LogP) is 0.477. The molecule has 49 nitrogen and oxygen atoms in total. The number of nitrogens with one attached hydrogen (secondary N) is 9. The maximum atomic E-state index is 13.9. The van der Waals surface area contributed by atoms with Crippen LogP contribution in [0.1, 0.15) is 140 Å². The molecule has 8 rings (SSSR count). The first-order valence-electron chi connectivity index (χ1n) is 50.0. The largest absolute Gasteiger partial charge is 0.481 e. The lowest BCUT2D eigenvalue weighted by molar-refractivity contribution is -0.142. The Morgan fingerprint density at radius 3 is 0.993 bits per heavy atom. The zero-order valence-corrected chi connectivity index (χ0v) is 83.1. The van der Waals surface area contributed by atoms with E-state index in [0.717, 1.165) is 32.7 Å². The van der Waals surface area contributed by atoms with E-state index in [1.165, 1.54) is 0 Å². The SMILES string of the molecule is O=C(O)CCC(NC(=O)NC(CCCCNC(=O)C(Cc1ccc2ccccc2c1)NC(=O)C1CCC(CCC(=O)CN2CCN(CC(=O)O)CCN(CC(=O)O)CCN(CC(=O)O)CC2)CC1)C(=O)O)C(=O)O.O=C(O)CCC(NC(=O)NC(CCCCNC(=O)C(Cc1cccc2ccccc12)NC(=O)C1CCC(CNC(=O)CN2CCN(CC(=O)O)CCN(CC(=O)O)CCN(CC(=O)O)CC2)CC1)C(=O)O)C(=O)O. The number of unbranched alkanes of at least 4 members (excludes halogenated alkanes) is 2. The smallest absolute Gasteiger partial charge is 0.326 e. The fourth-order valence-electron chi connectivity index (χ4n) is 18.3. The minimum absolute atomic E-state index is 0.0233. The Morgan fingerprint density at radius 1 is 0.291 bits per heavy atom. The number of hydrogen-bond acceptors (Lipinski definition) is 28. The van der Waals surface area contributed by atoms with Crippen LogP contribution in [0.15, 0.2) is 84.9 Å². The van der Waals surface area contributed by atoms with E-state index in [0.29, 0.717) is 110 Å². The Hall–Kier alpha value is -13.7. The molecule has 6 atom stereocenters. The Labute approximate surface area is 854 Å². The molecule has 0 bridgehead atoms. The van der Waals surface area contributed by atoms with E-state index in [2.05, 4.69) is 47.9 Å². The number of hydrogen-bond donors (Lipinski definition) is 21. The van der Waals surface area contributed by atoms with Gasteiger partial charge < -0.3 is 109 Å². The third-order valence-electron chi connectivity index (χ3n) is 26.6. The average molecular weight is 2080 g/mol. The van der Waals surface area contributed by atoms with Crippen molar-refractivity contribution < 1.29 is 157 Å². The van der Waals surface area contributed by atoms with E-state index in [9.17, 15) is 147 Å². The van der Waals surface area contributed by atoms with Crippen LogP contribution in [0.2, 0.25) is 0 Å². The molecule has 4 aliphatic rings. The summed E-state index contributed by atoms with van der Waals surface area (Å²) in [4.78, 5) is 259. The van der Waals surface area contributed by atoms with E-state index in [1.807, 2.05) is 94.7 Å². The lowest BCUT2D eigenvalue weighted by atomic mass is 9.79. The summed E-state index contributed by atoms with van der Waals surface area (Å²) in [5, 5.41) is 140. The molecule has 0 spiro atoms. The quantitative estimate of drug-likeness (QED) is 0.0267. The van der Waals surface area contributed by atoms with Gasteiger partial charge in [-0.15, -0.1) is 0 Å². The molecule has 0 radical (unpaired) electrons. The number of carboxylic acids is 12. The summed E-state index contributed by atoms with van der Waals surface area (Å²) < 4.78 is 0. The number of fused-ring (bicyclic) bond motifs is 2. The van der Waals surface area contributed by atoms with Crippen LogP contribution >= 0.6 is 0 Å². The molecule has 816 valence electrons. The van der Waals surface area contributed by atoms with Crippen molar-refractivity contribution in [2.75, 3.05) is 177 Å². The molecule has 49 heteroatoms. The Bertz CT molecular complexity index is 5060. The third kappa shape index (κ3) is 47.4. The van der Waals surface area contributed by atoms with Crippen molar-refractivity contribution in [1.29, 1.82) is 0 Å². The standard InChI is InChI=1S/C50H72N8O16.C49H71N9O16/c59-38(29-55-19-21-56(30-43(62)63)23-25-58(32-45(66)67)26-24-57(22-20-55)31-44(64)65)15-11-33-8-13-36(14-9-33)46(68)52-41(28-34-10-12-35-5-1-2-6-37(35)27-34)47(69)51-18-4-3-7-39(48(70)71)53-50(74)54-40(49(72)73)16-17-42(60)61;59-40(28-55-18-20-56(29-42(62)63)22-24-58(31-44(66)67)25-23-57(21-19-55)30-43(64)65)51-27-32-11-13-34(14-12-32)45(68)52-39(26-35-8-5-7-33-6-1-2-9-36(33)35)46(69)50-17-4-3-10-37(47(70)71)53-49(74)54-38(48(72)73)15-16-41(60)61/h1-2,5-6,10,12,27,33,36,39-41H,3-4,7-9,11,13-26,28-32H2,(H,51,69)(H,52,68)(H,60,61)(H,62,63)(H,64,65)(H,66,67)(H,70,71)(H,72,73)(H2,53,54,74);1-2,5-9,32,34,37-39H,3-4,10-31H2,(H,50,69)(H,51,59)(H,52,68)(H,60,61)(H,62,63)(H,64,65)(H,66,67)(H,70,71)(H,72,73)(H2,53,54,74). The third-order valence-corrected chi connectivity index (χ3v) is 26.6. The normalized spacial score (nSPS) is 18.8. The van der Waals surface area contributed by atoms with Gasteiger partial charge >= 0.3 is 83.7 Å². The number of carbonyl (C=O) groups is 20. The highest BCUT2D eigenvalue weighted by Crippen LogP contribution is 2.33. The van der Waals surface area contributed by atoms with Crippen LogP contribution in [0.5, 0.6) is 0 Å². The fourth-order valence-corrected chi connectivity index (χ4v) is 18.3. The molecular weight excluding hydrogens is 1940 g/mol. The second-order valence-electron chi connectivity index (χ2n) is 38.0. The number of urea groups is 2. The minimum atomic E-state index is -1.55. The van der Waals surface area contributed by atoms with Gasteiger partial charge in [0.15, 0.2) is 0 Å². The Morgan fingerprint density at radius 2 is 0.622 bits per heavy atom. The molecule has 2 aliphatic carbocycles. The summed E-state index contributed by atoms with van der Waals surface area (Å²) in [6.45, 7) is 3.45. The molecule has 9 amide bonds. The van der Waals surface area contributed by atoms with Crippen LogP contribution in [0, 0.1) is 23.7 Å². The van der Waals surface area contributed by atoms with Gasteiger partial charge in [-0.3, -0.25) is 106 Å².